The molecule has 2 aromatic heterocycles. The highest BCUT2D eigenvalue weighted by Gasteiger charge is 2.62. The second-order valence-electron chi connectivity index (χ2n) is 12.7. The Morgan fingerprint density at radius 1 is 1.21 bits per heavy atom. The number of rotatable bonds is 11. The summed E-state index contributed by atoms with van der Waals surface area (Å²) in [6, 6.07) is 1.13. The molecule has 2 aromatic rings. The Morgan fingerprint density at radius 3 is 2.33 bits per heavy atom. The van der Waals surface area contributed by atoms with Crippen molar-refractivity contribution in [2.45, 2.75) is 70.9 Å². The number of nitrogens with zero attached hydrogens (tertiary/aromatic N) is 4. The summed E-state index contributed by atoms with van der Waals surface area (Å²) in [6.45, 7) is 11.4. The summed E-state index contributed by atoms with van der Waals surface area (Å²) in [6.07, 6.45) is 8.75. The summed E-state index contributed by atoms with van der Waals surface area (Å²) in [4.78, 5) is 42.3. The number of pyridine rings is 2. The lowest BCUT2D eigenvalue weighted by Crippen LogP contribution is -2.35. The fraction of sp³-hybridized carbons (Fsp3) is 0.576. The maximum atomic E-state index is 12.2. The van der Waals surface area contributed by atoms with Crippen LogP contribution in [0.3, 0.4) is 0 Å². The van der Waals surface area contributed by atoms with E-state index in [9.17, 15) is 28.0 Å². The number of halogens is 3. The number of carbonyl (C=O) groups excluding carboxylic acids is 3. The molecular weight excluding hydrogens is 633 g/mol. The van der Waals surface area contributed by atoms with E-state index in [1.165, 1.54) is 6.20 Å². The number of likely N-dealkylation sites (tertiary alicyclic amines) is 1. The molecule has 15 heteroatoms. The number of fused-ring (bicyclic) bond motifs is 2. The van der Waals surface area contributed by atoms with Crippen LogP contribution in [0.5, 0.6) is 5.88 Å². The number of aromatic nitrogens is 2. The van der Waals surface area contributed by atoms with Gasteiger partial charge in [-0.25, -0.2) is 4.98 Å². The van der Waals surface area contributed by atoms with Gasteiger partial charge in [0, 0.05) is 55.1 Å². The van der Waals surface area contributed by atoms with Crippen molar-refractivity contribution in [1.82, 2.24) is 20.2 Å². The van der Waals surface area contributed by atoms with Crippen LogP contribution in [-0.4, -0.2) is 84.4 Å². The summed E-state index contributed by atoms with van der Waals surface area (Å²) in [5, 5.41) is 13.0. The van der Waals surface area contributed by atoms with E-state index < -0.39 is 18.1 Å². The first-order valence-corrected chi connectivity index (χ1v) is 15.3. The highest BCUT2D eigenvalue weighted by atomic mass is 19.4. The van der Waals surface area contributed by atoms with Crippen LogP contribution >= 0.6 is 0 Å². The molecule has 48 heavy (non-hydrogen) atoms. The van der Waals surface area contributed by atoms with E-state index in [-0.39, 0.29) is 23.5 Å². The summed E-state index contributed by atoms with van der Waals surface area (Å²) in [7, 11) is 1.56. The summed E-state index contributed by atoms with van der Waals surface area (Å²) < 4.78 is 48.5. The van der Waals surface area contributed by atoms with Crippen molar-refractivity contribution in [2.75, 3.05) is 33.4 Å². The molecule has 3 fully saturated rings. The zero-order chi connectivity index (χ0) is 35.9. The standard InChI is InChI=1S/C16H14N4O3.C15H25NO2.C2H2F3NO/c1-3-12-15-11(8-19-16(12)23-5-4-22-2)7-18-9-13(15)14(6-17)20-10-21;1-10(18-15(4)5-6-15)7-13(17)16-8-11-12(9-16)14(11,2)3;3-2(4,5)1(6)7/h1,7-10,14H,4-5H2,2H3,(H,20,21);10-12H,5-9H2,1-4H3;(H2,6,7)/t;10-,11-,12?;/m.1./s1. The SMILES string of the molecule is C#Cc1c(OCCOC)ncc2cncc(C(C#N)NC=O)c12.C[C@H](CC(=O)N1CC2[C@@H](C1)C2(C)C)OC1(C)CC1.NC(=O)C(F)(F)F. The van der Waals surface area contributed by atoms with Crippen molar-refractivity contribution >= 4 is 29.0 Å². The second kappa shape index (κ2) is 15.6. The summed E-state index contributed by atoms with van der Waals surface area (Å²) in [5.41, 5.74) is 5.27. The van der Waals surface area contributed by atoms with Gasteiger partial charge in [0.05, 0.1) is 36.4 Å². The van der Waals surface area contributed by atoms with Crippen LogP contribution in [0.25, 0.3) is 10.8 Å². The van der Waals surface area contributed by atoms with Gasteiger partial charge in [-0.05, 0) is 43.9 Å². The van der Waals surface area contributed by atoms with E-state index in [4.69, 9.17) is 25.4 Å². The minimum atomic E-state index is -4.86. The lowest BCUT2D eigenvalue weighted by molar-refractivity contribution is -0.169. The molecule has 2 aliphatic carbocycles. The summed E-state index contributed by atoms with van der Waals surface area (Å²) >= 11 is 0. The quantitative estimate of drug-likeness (QED) is 0.206. The van der Waals surface area contributed by atoms with Crippen LogP contribution in [0.4, 0.5) is 13.2 Å². The second-order valence-corrected chi connectivity index (χ2v) is 12.7. The first-order valence-electron chi connectivity index (χ1n) is 15.3. The first kappa shape index (κ1) is 38.0. The van der Waals surface area contributed by atoms with Crippen LogP contribution in [0.2, 0.25) is 0 Å². The number of methoxy groups -OCH3 is 1. The molecule has 12 nitrogen and oxygen atoms in total. The van der Waals surface area contributed by atoms with Crippen molar-refractivity contribution in [3.8, 4) is 24.3 Å². The molecule has 3 aliphatic rings. The third kappa shape index (κ3) is 9.55. The minimum Gasteiger partial charge on any atom is -0.474 e. The number of carbonyl (C=O) groups is 3. The van der Waals surface area contributed by atoms with Gasteiger partial charge in [-0.1, -0.05) is 19.8 Å². The normalized spacial score (nSPS) is 20.6. The van der Waals surface area contributed by atoms with E-state index in [1.54, 1.807) is 19.5 Å². The van der Waals surface area contributed by atoms with Gasteiger partial charge in [0.15, 0.2) is 0 Å². The maximum Gasteiger partial charge on any atom is 0.470 e. The number of primary amides is 1. The molecule has 5 rings (SSSR count). The Bertz CT molecular complexity index is 1550. The Balaban J connectivity index is 0.000000222. The predicted octanol–water partition coefficient (Wildman–Crippen LogP) is 3.43. The van der Waals surface area contributed by atoms with Crippen molar-refractivity contribution in [3.63, 3.8) is 0 Å². The molecule has 0 spiro atoms. The monoisotopic (exact) mass is 674 g/mol. The molecule has 3 amide bonds. The number of piperidine rings is 1. The number of terminal acetylenes is 1. The fourth-order valence-electron chi connectivity index (χ4n) is 5.66. The molecule has 1 saturated heterocycles. The molecule has 4 atom stereocenters. The fourth-order valence-corrected chi connectivity index (χ4v) is 5.66. The van der Waals surface area contributed by atoms with Crippen LogP contribution in [0, 0.1) is 40.9 Å². The predicted molar refractivity (Wildman–Crippen MR) is 168 cm³/mol. The number of alkyl halides is 3. The molecule has 3 N–H and O–H groups in total. The van der Waals surface area contributed by atoms with E-state index in [2.05, 4.69) is 52.6 Å². The lowest BCUT2D eigenvalue weighted by atomic mass is 9.99. The molecule has 0 bridgehead atoms. The number of ether oxygens (including phenoxy) is 3. The molecule has 260 valence electrons. The van der Waals surface area contributed by atoms with Crippen LogP contribution in [-0.2, 0) is 23.9 Å². The van der Waals surface area contributed by atoms with Crippen molar-refractivity contribution in [1.29, 1.82) is 5.26 Å². The molecule has 0 radical (unpaired) electrons. The van der Waals surface area contributed by atoms with Crippen molar-refractivity contribution in [3.05, 3.63) is 29.7 Å². The molecule has 0 aromatic carbocycles. The van der Waals surface area contributed by atoms with Gasteiger partial charge >= 0.3 is 12.1 Å². The average Bonchev–Trinajstić information content (AvgIpc) is 3.76. The van der Waals surface area contributed by atoms with E-state index in [0.29, 0.717) is 53.4 Å². The van der Waals surface area contributed by atoms with Crippen LogP contribution < -0.4 is 15.8 Å². The average molecular weight is 675 g/mol. The van der Waals surface area contributed by atoms with E-state index in [0.717, 1.165) is 37.8 Å². The van der Waals surface area contributed by atoms with Gasteiger partial charge in [0.2, 0.25) is 18.2 Å². The maximum absolute atomic E-state index is 12.2. The highest BCUT2D eigenvalue weighted by molar-refractivity contribution is 5.92. The van der Waals surface area contributed by atoms with Gasteiger partial charge in [-0.3, -0.25) is 19.4 Å². The number of nitriles is 1. The van der Waals surface area contributed by atoms with Gasteiger partial charge in [-0.15, -0.1) is 6.42 Å². The molecule has 3 heterocycles. The number of nitrogens with one attached hydrogen (secondary N) is 1. The highest BCUT2D eigenvalue weighted by Crippen LogP contribution is 2.62. The molecule has 2 unspecified atom stereocenters. The third-order valence-electron chi connectivity index (χ3n) is 8.79. The van der Waals surface area contributed by atoms with Gasteiger partial charge in [-0.2, -0.15) is 18.4 Å². The summed E-state index contributed by atoms with van der Waals surface area (Å²) in [5.74, 6) is 2.34. The first-order chi connectivity index (χ1) is 22.5. The Labute approximate surface area is 277 Å². The number of hydrogen-bond donors (Lipinski definition) is 2. The van der Waals surface area contributed by atoms with Crippen molar-refractivity contribution < 1.29 is 41.8 Å². The molecule has 1 aliphatic heterocycles. The lowest BCUT2D eigenvalue weighted by Gasteiger charge is -2.25. The van der Waals surface area contributed by atoms with Gasteiger partial charge in [0.25, 0.3) is 0 Å². The number of amides is 3. The number of hydrogen-bond acceptors (Lipinski definition) is 9. The minimum absolute atomic E-state index is 0.0648. The van der Waals surface area contributed by atoms with E-state index in [1.807, 2.05) is 13.0 Å². The zero-order valence-corrected chi connectivity index (χ0v) is 27.6. The Morgan fingerprint density at radius 2 is 1.83 bits per heavy atom. The Kier molecular flexibility index (Phi) is 12.4. The number of nitrogens with two attached hydrogens (primary N) is 1. The third-order valence-corrected chi connectivity index (χ3v) is 8.79. The largest absolute Gasteiger partial charge is 0.474 e. The molecule has 2 saturated carbocycles. The van der Waals surface area contributed by atoms with Gasteiger partial charge < -0.3 is 30.2 Å². The van der Waals surface area contributed by atoms with Crippen LogP contribution in [0.1, 0.15) is 64.1 Å². The van der Waals surface area contributed by atoms with Crippen LogP contribution in [0.15, 0.2) is 18.6 Å². The van der Waals surface area contributed by atoms with Gasteiger partial charge in [0.1, 0.15) is 12.6 Å². The Hall–Kier alpha value is -4.47. The molecular formula is C33H41F3N6O6. The van der Waals surface area contributed by atoms with E-state index >= 15 is 0 Å². The van der Waals surface area contributed by atoms with Crippen molar-refractivity contribution in [2.24, 2.45) is 23.0 Å². The smallest absolute Gasteiger partial charge is 0.470 e. The topological polar surface area (TPSA) is 170 Å². The zero-order valence-electron chi connectivity index (χ0n) is 27.6.